The van der Waals surface area contributed by atoms with E-state index in [2.05, 4.69) is 11.4 Å². The first-order valence-electron chi connectivity index (χ1n) is 7.35. The molecule has 1 amide bonds. The highest BCUT2D eigenvalue weighted by Gasteiger charge is 2.20. The Labute approximate surface area is 130 Å². The Kier molecular flexibility index (Phi) is 5.12. The highest BCUT2D eigenvalue weighted by Crippen LogP contribution is 2.26. The largest absolute Gasteiger partial charge is 0.389 e. The molecule has 1 aliphatic carbocycles. The van der Waals surface area contributed by atoms with Crippen molar-refractivity contribution >= 4 is 28.9 Å². The van der Waals surface area contributed by atoms with E-state index in [4.69, 9.17) is 22.9 Å². The number of hydrogen-bond acceptors (Lipinski definition) is 4. The van der Waals surface area contributed by atoms with Crippen molar-refractivity contribution in [2.24, 2.45) is 5.73 Å². The number of nitrogens with two attached hydrogens (primary N) is 1. The van der Waals surface area contributed by atoms with E-state index in [1.54, 1.807) is 7.05 Å². The second-order valence-corrected chi connectivity index (χ2v) is 5.66. The molecule has 1 aliphatic rings. The van der Waals surface area contributed by atoms with Crippen molar-refractivity contribution in [2.75, 3.05) is 25.0 Å². The van der Waals surface area contributed by atoms with Gasteiger partial charge in [0.15, 0.2) is 0 Å². The van der Waals surface area contributed by atoms with Gasteiger partial charge in [-0.15, -0.1) is 0 Å². The number of hydrogen-bond donors (Lipinski definition) is 2. The summed E-state index contributed by atoms with van der Waals surface area (Å²) >= 11 is 5.17. The smallest absolute Gasteiger partial charge is 0.239 e. The van der Waals surface area contributed by atoms with Crippen LogP contribution in [0.2, 0.25) is 0 Å². The zero-order chi connectivity index (χ0) is 15.4. The van der Waals surface area contributed by atoms with Gasteiger partial charge >= 0.3 is 0 Å². The number of anilines is 1. The summed E-state index contributed by atoms with van der Waals surface area (Å²) in [4.78, 5) is 18.7. The van der Waals surface area contributed by atoms with Crippen molar-refractivity contribution < 1.29 is 4.79 Å². The highest BCUT2D eigenvalue weighted by molar-refractivity contribution is 7.80. The minimum absolute atomic E-state index is 0.0507. The topological polar surface area (TPSA) is 71.2 Å². The molecule has 21 heavy (non-hydrogen) atoms. The molecule has 0 saturated carbocycles. The molecule has 0 aromatic carbocycles. The molecule has 1 aromatic rings. The van der Waals surface area contributed by atoms with Gasteiger partial charge < -0.3 is 16.0 Å². The lowest BCUT2D eigenvalue weighted by Gasteiger charge is -2.26. The number of rotatable bonds is 5. The maximum absolute atomic E-state index is 11.7. The number of pyridine rings is 1. The lowest BCUT2D eigenvalue weighted by Crippen LogP contribution is -2.37. The Morgan fingerprint density at radius 1 is 1.48 bits per heavy atom. The van der Waals surface area contributed by atoms with E-state index in [1.165, 1.54) is 12.0 Å². The molecule has 0 atom stereocenters. The number of likely N-dealkylation sites (N-methyl/N-ethyl adjacent to an activating group) is 2. The standard InChI is InChI=1S/C15H22N4OS/c1-3-19(9-13(20)17-2)15-11(14(16)21)8-10-6-4-5-7-12(10)18-15/h8H,3-7,9H2,1-2H3,(H2,16,21)(H,17,20). The maximum Gasteiger partial charge on any atom is 0.239 e. The van der Waals surface area contributed by atoms with E-state index >= 15 is 0 Å². The van der Waals surface area contributed by atoms with E-state index in [-0.39, 0.29) is 12.5 Å². The number of nitrogens with zero attached hydrogens (tertiary/aromatic N) is 2. The Bertz CT molecular complexity index is 559. The predicted molar refractivity (Wildman–Crippen MR) is 88.7 cm³/mol. The summed E-state index contributed by atoms with van der Waals surface area (Å²) in [5, 5.41) is 2.64. The SMILES string of the molecule is CCN(CC(=O)NC)c1nc2c(cc1C(N)=S)CCCC2. The van der Waals surface area contributed by atoms with E-state index in [0.717, 1.165) is 36.3 Å². The van der Waals surface area contributed by atoms with Crippen molar-refractivity contribution in [2.45, 2.75) is 32.6 Å². The fourth-order valence-corrected chi connectivity index (χ4v) is 2.78. The molecule has 1 heterocycles. The van der Waals surface area contributed by atoms with Gasteiger partial charge in [-0.3, -0.25) is 4.79 Å². The summed E-state index contributed by atoms with van der Waals surface area (Å²) in [6.45, 7) is 2.93. The molecule has 0 radical (unpaired) electrons. The van der Waals surface area contributed by atoms with Gasteiger partial charge in [0, 0.05) is 19.3 Å². The Morgan fingerprint density at radius 3 is 2.81 bits per heavy atom. The van der Waals surface area contributed by atoms with Crippen LogP contribution in [0.15, 0.2) is 6.07 Å². The lowest BCUT2D eigenvalue weighted by atomic mass is 9.94. The van der Waals surface area contributed by atoms with Crippen LogP contribution in [0.4, 0.5) is 5.82 Å². The van der Waals surface area contributed by atoms with Crippen molar-refractivity contribution in [1.29, 1.82) is 0 Å². The van der Waals surface area contributed by atoms with E-state index < -0.39 is 0 Å². The van der Waals surface area contributed by atoms with Crippen LogP contribution < -0.4 is 16.0 Å². The molecule has 0 saturated heterocycles. The average molecular weight is 306 g/mol. The minimum atomic E-state index is -0.0507. The lowest BCUT2D eigenvalue weighted by molar-refractivity contribution is -0.119. The van der Waals surface area contributed by atoms with Crippen molar-refractivity contribution in [3.8, 4) is 0 Å². The fourth-order valence-electron chi connectivity index (χ4n) is 2.63. The first-order chi connectivity index (χ1) is 10.1. The van der Waals surface area contributed by atoms with Gasteiger partial charge in [0.05, 0.1) is 12.1 Å². The second-order valence-electron chi connectivity index (χ2n) is 5.22. The van der Waals surface area contributed by atoms with Crippen LogP contribution in [-0.4, -0.2) is 36.0 Å². The quantitative estimate of drug-likeness (QED) is 0.799. The van der Waals surface area contributed by atoms with Crippen LogP contribution >= 0.6 is 12.2 Å². The van der Waals surface area contributed by atoms with Crippen molar-refractivity contribution in [1.82, 2.24) is 10.3 Å². The monoisotopic (exact) mass is 306 g/mol. The minimum Gasteiger partial charge on any atom is -0.389 e. The number of aryl methyl sites for hydroxylation is 2. The highest BCUT2D eigenvalue weighted by atomic mass is 32.1. The molecule has 5 nitrogen and oxygen atoms in total. The molecule has 0 bridgehead atoms. The predicted octanol–water partition coefficient (Wildman–Crippen LogP) is 1.17. The molecule has 114 valence electrons. The molecule has 0 aliphatic heterocycles. The summed E-state index contributed by atoms with van der Waals surface area (Å²) in [5.74, 6) is 0.680. The molecule has 0 spiro atoms. The summed E-state index contributed by atoms with van der Waals surface area (Å²) in [7, 11) is 1.63. The number of aromatic nitrogens is 1. The Morgan fingerprint density at radius 2 is 2.19 bits per heavy atom. The average Bonchev–Trinajstić information content (AvgIpc) is 2.50. The van der Waals surface area contributed by atoms with Crippen LogP contribution in [0.3, 0.4) is 0 Å². The number of amides is 1. The van der Waals surface area contributed by atoms with Crippen LogP contribution in [-0.2, 0) is 17.6 Å². The number of carbonyl (C=O) groups excluding carboxylic acids is 1. The Hall–Kier alpha value is -1.69. The number of thiocarbonyl (C=S) groups is 1. The molecule has 1 aromatic heterocycles. The van der Waals surface area contributed by atoms with E-state index in [0.29, 0.717) is 11.5 Å². The van der Waals surface area contributed by atoms with Gasteiger partial charge in [0.1, 0.15) is 10.8 Å². The molecular weight excluding hydrogens is 284 g/mol. The van der Waals surface area contributed by atoms with Gasteiger partial charge in [-0.25, -0.2) is 4.98 Å². The number of nitrogens with one attached hydrogen (secondary N) is 1. The van der Waals surface area contributed by atoms with Crippen LogP contribution in [0.25, 0.3) is 0 Å². The maximum atomic E-state index is 11.7. The van der Waals surface area contributed by atoms with Gasteiger partial charge in [-0.2, -0.15) is 0 Å². The zero-order valence-corrected chi connectivity index (χ0v) is 13.4. The van der Waals surface area contributed by atoms with E-state index in [9.17, 15) is 4.79 Å². The summed E-state index contributed by atoms with van der Waals surface area (Å²) in [6, 6.07) is 2.06. The van der Waals surface area contributed by atoms with Gasteiger partial charge in [-0.05, 0) is 44.2 Å². The van der Waals surface area contributed by atoms with E-state index in [1.807, 2.05) is 11.8 Å². The summed E-state index contributed by atoms with van der Waals surface area (Å²) in [6.07, 6.45) is 4.35. The fraction of sp³-hybridized carbons (Fsp3) is 0.533. The second kappa shape index (κ2) is 6.85. The molecule has 3 N–H and O–H groups in total. The normalized spacial score (nSPS) is 13.4. The Balaban J connectivity index is 2.43. The van der Waals surface area contributed by atoms with Gasteiger partial charge in [0.2, 0.25) is 5.91 Å². The molecule has 0 fully saturated rings. The van der Waals surface area contributed by atoms with Crippen LogP contribution in [0.5, 0.6) is 0 Å². The summed E-state index contributed by atoms with van der Waals surface area (Å²) in [5.41, 5.74) is 9.00. The zero-order valence-electron chi connectivity index (χ0n) is 12.6. The van der Waals surface area contributed by atoms with Gasteiger partial charge in [-0.1, -0.05) is 12.2 Å². The number of fused-ring (bicyclic) bond motifs is 1. The third-order valence-corrected chi connectivity index (χ3v) is 4.06. The third-order valence-electron chi connectivity index (χ3n) is 3.84. The van der Waals surface area contributed by atoms with Crippen molar-refractivity contribution in [3.05, 3.63) is 22.9 Å². The molecule has 0 unspecified atom stereocenters. The van der Waals surface area contributed by atoms with Crippen LogP contribution in [0, 0.1) is 0 Å². The van der Waals surface area contributed by atoms with Crippen molar-refractivity contribution in [3.63, 3.8) is 0 Å². The summed E-state index contributed by atoms with van der Waals surface area (Å²) < 4.78 is 0. The van der Waals surface area contributed by atoms with Gasteiger partial charge in [0.25, 0.3) is 0 Å². The van der Waals surface area contributed by atoms with Crippen LogP contribution in [0.1, 0.15) is 36.6 Å². The molecule has 6 heteroatoms. The molecular formula is C15H22N4OS. The first-order valence-corrected chi connectivity index (χ1v) is 7.75. The number of carbonyl (C=O) groups is 1. The molecule has 2 rings (SSSR count). The first kappa shape index (κ1) is 15.7. The third kappa shape index (κ3) is 3.50.